The zero-order valence-electron chi connectivity index (χ0n) is 11.1. The summed E-state index contributed by atoms with van der Waals surface area (Å²) in [5.74, 6) is -0.243. The van der Waals surface area contributed by atoms with Crippen molar-refractivity contribution in [2.45, 2.75) is 5.16 Å². The predicted molar refractivity (Wildman–Crippen MR) is 84.2 cm³/mol. The molecule has 0 saturated carbocycles. The molecule has 2 rings (SSSR count). The van der Waals surface area contributed by atoms with Crippen LogP contribution in [-0.2, 0) is 4.79 Å². The number of nitrogen functional groups attached to an aromatic ring is 2. The van der Waals surface area contributed by atoms with E-state index in [2.05, 4.69) is 20.3 Å². The Hall–Kier alpha value is -2.57. The highest BCUT2D eigenvalue weighted by Crippen LogP contribution is 2.21. The largest absolute Gasteiger partial charge is 0.368 e. The molecule has 0 aliphatic carbocycles. The molecular weight excluding hydrogens is 326 g/mol. The van der Waals surface area contributed by atoms with Gasteiger partial charge in [0.25, 0.3) is 0 Å². The first-order chi connectivity index (χ1) is 10.5. The van der Waals surface area contributed by atoms with Crippen LogP contribution in [0.2, 0.25) is 5.02 Å². The lowest BCUT2D eigenvalue weighted by molar-refractivity contribution is -0.113. The molecule has 0 spiro atoms. The van der Waals surface area contributed by atoms with Crippen molar-refractivity contribution in [1.82, 2.24) is 15.0 Å². The minimum atomic E-state index is -0.289. The predicted octanol–water partition coefficient (Wildman–Crippen LogP) is 1.29. The fourth-order valence-corrected chi connectivity index (χ4v) is 2.33. The van der Waals surface area contributed by atoms with Crippen LogP contribution in [0, 0.1) is 11.3 Å². The second-order valence-corrected chi connectivity index (χ2v) is 5.33. The van der Waals surface area contributed by atoms with Gasteiger partial charge in [0.1, 0.15) is 6.07 Å². The number of amides is 1. The van der Waals surface area contributed by atoms with Crippen molar-refractivity contribution in [1.29, 1.82) is 5.26 Å². The number of hydrogen-bond acceptors (Lipinski definition) is 8. The van der Waals surface area contributed by atoms with Crippen LogP contribution in [0.1, 0.15) is 5.56 Å². The maximum atomic E-state index is 11.8. The lowest BCUT2D eigenvalue weighted by atomic mass is 10.2. The van der Waals surface area contributed by atoms with Gasteiger partial charge >= 0.3 is 0 Å². The highest BCUT2D eigenvalue weighted by atomic mass is 35.5. The van der Waals surface area contributed by atoms with Crippen molar-refractivity contribution >= 4 is 46.9 Å². The second kappa shape index (κ2) is 6.93. The van der Waals surface area contributed by atoms with Gasteiger partial charge in [0.05, 0.1) is 16.3 Å². The van der Waals surface area contributed by atoms with E-state index in [1.807, 2.05) is 6.07 Å². The number of anilines is 3. The number of nitriles is 1. The Morgan fingerprint density at radius 1 is 1.32 bits per heavy atom. The van der Waals surface area contributed by atoms with Crippen molar-refractivity contribution in [2.75, 3.05) is 22.5 Å². The molecule has 10 heteroatoms. The zero-order chi connectivity index (χ0) is 16.1. The van der Waals surface area contributed by atoms with Crippen molar-refractivity contribution in [3.63, 3.8) is 0 Å². The normalized spacial score (nSPS) is 10.0. The molecule has 0 bridgehead atoms. The third kappa shape index (κ3) is 4.21. The number of rotatable bonds is 4. The Labute approximate surface area is 134 Å². The summed E-state index contributed by atoms with van der Waals surface area (Å²) in [6.07, 6.45) is 0. The van der Waals surface area contributed by atoms with E-state index in [0.717, 1.165) is 11.8 Å². The highest BCUT2D eigenvalue weighted by molar-refractivity contribution is 7.99. The number of nitrogens with zero attached hydrogens (tertiary/aromatic N) is 4. The summed E-state index contributed by atoms with van der Waals surface area (Å²) < 4.78 is 0. The van der Waals surface area contributed by atoms with E-state index in [4.69, 9.17) is 28.3 Å². The lowest BCUT2D eigenvalue weighted by Gasteiger charge is -2.06. The molecule has 1 amide bonds. The van der Waals surface area contributed by atoms with Gasteiger partial charge in [-0.2, -0.15) is 20.2 Å². The monoisotopic (exact) mass is 335 g/mol. The molecule has 1 aromatic heterocycles. The number of nitrogens with one attached hydrogen (secondary N) is 1. The van der Waals surface area contributed by atoms with Crippen LogP contribution in [0.5, 0.6) is 0 Å². The summed E-state index contributed by atoms with van der Waals surface area (Å²) in [6, 6.07) is 6.56. The SMILES string of the molecule is N#Cc1ccc(NC(=O)CSc2nc(N)nc(N)n2)cc1Cl. The summed E-state index contributed by atoms with van der Waals surface area (Å²) in [6.45, 7) is 0. The second-order valence-electron chi connectivity index (χ2n) is 3.98. The topological polar surface area (TPSA) is 144 Å². The van der Waals surface area contributed by atoms with Gasteiger partial charge in [0.2, 0.25) is 17.8 Å². The quantitative estimate of drug-likeness (QED) is 0.709. The minimum Gasteiger partial charge on any atom is -0.368 e. The summed E-state index contributed by atoms with van der Waals surface area (Å²) in [5.41, 5.74) is 11.7. The van der Waals surface area contributed by atoms with Crippen LogP contribution < -0.4 is 16.8 Å². The third-order valence-electron chi connectivity index (χ3n) is 2.36. The van der Waals surface area contributed by atoms with Crippen LogP contribution >= 0.6 is 23.4 Å². The van der Waals surface area contributed by atoms with E-state index in [1.54, 1.807) is 6.07 Å². The van der Waals surface area contributed by atoms with Crippen molar-refractivity contribution in [3.8, 4) is 6.07 Å². The van der Waals surface area contributed by atoms with E-state index in [0.29, 0.717) is 11.3 Å². The van der Waals surface area contributed by atoms with Crippen LogP contribution in [0.15, 0.2) is 23.4 Å². The van der Waals surface area contributed by atoms with Gasteiger partial charge < -0.3 is 16.8 Å². The molecule has 8 nitrogen and oxygen atoms in total. The molecule has 0 saturated heterocycles. The lowest BCUT2D eigenvalue weighted by Crippen LogP contribution is -2.14. The van der Waals surface area contributed by atoms with Gasteiger partial charge in [-0.25, -0.2) is 0 Å². The third-order valence-corrected chi connectivity index (χ3v) is 3.52. The molecule has 1 heterocycles. The van der Waals surface area contributed by atoms with Gasteiger partial charge in [0.15, 0.2) is 5.16 Å². The first kappa shape index (κ1) is 15.8. The Kier molecular flexibility index (Phi) is 4.98. The number of halogens is 1. The van der Waals surface area contributed by atoms with Crippen LogP contribution in [0.25, 0.3) is 0 Å². The van der Waals surface area contributed by atoms with Crippen LogP contribution in [0.4, 0.5) is 17.6 Å². The summed E-state index contributed by atoms with van der Waals surface area (Å²) in [7, 11) is 0. The van der Waals surface area contributed by atoms with E-state index < -0.39 is 0 Å². The Balaban J connectivity index is 1.96. The van der Waals surface area contributed by atoms with Gasteiger partial charge in [-0.15, -0.1) is 0 Å². The molecule has 5 N–H and O–H groups in total. The van der Waals surface area contributed by atoms with E-state index in [-0.39, 0.29) is 33.7 Å². The standard InChI is InChI=1S/C12H10ClN7OS/c13-8-3-7(2-1-6(8)4-14)17-9(21)5-22-12-19-10(15)18-11(16)20-12/h1-3H,5H2,(H,17,21)(H4,15,16,18,19,20). The molecule has 2 aromatic rings. The first-order valence-electron chi connectivity index (χ1n) is 5.87. The molecule has 0 aliphatic rings. The number of hydrogen-bond donors (Lipinski definition) is 3. The van der Waals surface area contributed by atoms with Gasteiger partial charge in [-0.1, -0.05) is 23.4 Å². The fraction of sp³-hybridized carbons (Fsp3) is 0.0833. The molecule has 0 aliphatic heterocycles. The van der Waals surface area contributed by atoms with Crippen LogP contribution in [-0.4, -0.2) is 26.6 Å². The molecule has 0 unspecified atom stereocenters. The number of carbonyl (C=O) groups is 1. The van der Waals surface area contributed by atoms with Gasteiger partial charge in [-0.3, -0.25) is 4.79 Å². The molecule has 112 valence electrons. The summed E-state index contributed by atoms with van der Waals surface area (Å²) in [5, 5.41) is 12.0. The molecule has 0 atom stereocenters. The molecule has 0 radical (unpaired) electrons. The summed E-state index contributed by atoms with van der Waals surface area (Å²) >= 11 is 6.96. The average Bonchev–Trinajstić information content (AvgIpc) is 2.44. The van der Waals surface area contributed by atoms with E-state index in [1.165, 1.54) is 12.1 Å². The minimum absolute atomic E-state index is 0.00529. The Bertz CT molecular complexity index is 741. The molecule has 1 aromatic carbocycles. The molecule has 22 heavy (non-hydrogen) atoms. The highest BCUT2D eigenvalue weighted by Gasteiger charge is 2.09. The van der Waals surface area contributed by atoms with E-state index in [9.17, 15) is 4.79 Å². The van der Waals surface area contributed by atoms with Crippen LogP contribution in [0.3, 0.4) is 0 Å². The Morgan fingerprint density at radius 3 is 2.59 bits per heavy atom. The van der Waals surface area contributed by atoms with Crippen molar-refractivity contribution in [2.24, 2.45) is 0 Å². The average molecular weight is 336 g/mol. The molecular formula is C12H10ClN7OS. The Morgan fingerprint density at radius 2 is 2.00 bits per heavy atom. The zero-order valence-corrected chi connectivity index (χ0v) is 12.6. The fourth-order valence-electron chi connectivity index (χ4n) is 1.46. The van der Waals surface area contributed by atoms with Gasteiger partial charge in [-0.05, 0) is 18.2 Å². The number of thioether (sulfide) groups is 1. The number of nitrogens with two attached hydrogens (primary N) is 2. The maximum Gasteiger partial charge on any atom is 0.234 e. The maximum absolute atomic E-state index is 11.8. The van der Waals surface area contributed by atoms with Crippen molar-refractivity contribution < 1.29 is 4.79 Å². The first-order valence-corrected chi connectivity index (χ1v) is 7.23. The number of carbonyl (C=O) groups excluding carboxylic acids is 1. The number of aromatic nitrogens is 3. The van der Waals surface area contributed by atoms with Crippen molar-refractivity contribution in [3.05, 3.63) is 28.8 Å². The summed E-state index contributed by atoms with van der Waals surface area (Å²) in [4.78, 5) is 23.2. The molecule has 0 fully saturated rings. The smallest absolute Gasteiger partial charge is 0.234 e. The van der Waals surface area contributed by atoms with E-state index >= 15 is 0 Å². The van der Waals surface area contributed by atoms with Gasteiger partial charge in [0, 0.05) is 5.69 Å². The number of benzene rings is 1.